The summed E-state index contributed by atoms with van der Waals surface area (Å²) in [5.74, 6) is -1.87. The van der Waals surface area contributed by atoms with Gasteiger partial charge in [-0.25, -0.2) is 9.59 Å². The lowest BCUT2D eigenvalue weighted by Gasteiger charge is -2.33. The maximum atomic E-state index is 10.1. The Kier molecular flexibility index (Phi) is 5.80. The Balaban J connectivity index is 0.000000363. The first-order valence-corrected chi connectivity index (χ1v) is 10.4. The smallest absolute Gasteiger partial charge is 0.414 e. The van der Waals surface area contributed by atoms with E-state index in [2.05, 4.69) is 23.1 Å². The molecule has 32 heavy (non-hydrogen) atoms. The van der Waals surface area contributed by atoms with Gasteiger partial charge >= 0.3 is 11.9 Å². The summed E-state index contributed by atoms with van der Waals surface area (Å²) in [6, 6.07) is 10.5. The molecule has 0 radical (unpaired) electrons. The van der Waals surface area contributed by atoms with Gasteiger partial charge in [-0.15, -0.1) is 0 Å². The molecular formula is C24H25NO7. The molecule has 2 aliphatic rings. The third-order valence-electron chi connectivity index (χ3n) is 6.31. The van der Waals surface area contributed by atoms with Crippen LogP contribution in [0.25, 0.3) is 21.5 Å². The molecule has 5 rings (SSSR count). The number of carboxylic acids is 2. The van der Waals surface area contributed by atoms with Gasteiger partial charge in [-0.05, 0) is 82.7 Å². The van der Waals surface area contributed by atoms with Gasteiger partial charge in [0.1, 0.15) is 5.75 Å². The van der Waals surface area contributed by atoms with E-state index in [0.717, 1.165) is 35.2 Å². The van der Waals surface area contributed by atoms with Crippen molar-refractivity contribution in [3.63, 3.8) is 0 Å². The van der Waals surface area contributed by atoms with Crippen LogP contribution >= 0.6 is 0 Å². The number of aromatic hydroxyl groups is 1. The van der Waals surface area contributed by atoms with Gasteiger partial charge in [0.2, 0.25) is 0 Å². The Bertz CT molecular complexity index is 1210. The first-order chi connectivity index (χ1) is 15.3. The summed E-state index contributed by atoms with van der Waals surface area (Å²) in [4.78, 5) is 20.8. The highest BCUT2D eigenvalue weighted by Crippen LogP contribution is 2.44. The van der Waals surface area contributed by atoms with Gasteiger partial charge in [0, 0.05) is 12.6 Å². The molecule has 1 atom stereocenters. The number of carbonyl (C=O) groups is 2. The lowest BCUT2D eigenvalue weighted by Crippen LogP contribution is -2.35. The zero-order valence-corrected chi connectivity index (χ0v) is 17.9. The Hall–Kier alpha value is -3.52. The van der Waals surface area contributed by atoms with Crippen LogP contribution < -0.4 is 9.47 Å². The molecular weight excluding hydrogens is 414 g/mol. The van der Waals surface area contributed by atoms with Crippen LogP contribution in [0.2, 0.25) is 0 Å². The van der Waals surface area contributed by atoms with Crippen LogP contribution in [0, 0.1) is 0 Å². The van der Waals surface area contributed by atoms with Gasteiger partial charge in [0.05, 0.1) is 14.2 Å². The highest BCUT2D eigenvalue weighted by molar-refractivity contribution is 6.27. The fourth-order valence-electron chi connectivity index (χ4n) is 4.88. The SMILES string of the molecule is COc1cc2c3c(c4ccc(O)cc4c2cc1OC)CN1CCC[C@H]1C3.O=C(O)C(=O)O. The Morgan fingerprint density at radius 2 is 1.53 bits per heavy atom. The quantitative estimate of drug-likeness (QED) is 0.411. The van der Waals surface area contributed by atoms with Gasteiger partial charge in [-0.3, -0.25) is 4.90 Å². The van der Waals surface area contributed by atoms with Crippen molar-refractivity contribution in [1.82, 2.24) is 4.90 Å². The van der Waals surface area contributed by atoms with E-state index >= 15 is 0 Å². The number of fused-ring (bicyclic) bond motifs is 7. The average Bonchev–Trinajstić information content (AvgIpc) is 3.25. The summed E-state index contributed by atoms with van der Waals surface area (Å²) >= 11 is 0. The number of aliphatic carboxylic acids is 2. The van der Waals surface area contributed by atoms with Gasteiger partial charge in [0.15, 0.2) is 11.5 Å². The molecule has 0 spiro atoms. The summed E-state index contributed by atoms with van der Waals surface area (Å²) in [7, 11) is 3.35. The number of benzene rings is 3. The van der Waals surface area contributed by atoms with Crippen LogP contribution in [0.5, 0.6) is 17.2 Å². The largest absolute Gasteiger partial charge is 0.508 e. The third kappa shape index (κ3) is 3.78. The lowest BCUT2D eigenvalue weighted by atomic mass is 9.85. The maximum Gasteiger partial charge on any atom is 0.414 e. The number of nitrogens with zero attached hydrogens (tertiary/aromatic N) is 1. The number of rotatable bonds is 2. The summed E-state index contributed by atoms with van der Waals surface area (Å²) < 4.78 is 11.1. The second-order valence-electron chi connectivity index (χ2n) is 8.02. The summed E-state index contributed by atoms with van der Waals surface area (Å²) in [6.07, 6.45) is 3.65. The molecule has 1 saturated heterocycles. The van der Waals surface area contributed by atoms with Crippen molar-refractivity contribution in [2.24, 2.45) is 0 Å². The number of methoxy groups -OCH3 is 2. The van der Waals surface area contributed by atoms with Crippen LogP contribution in [0.3, 0.4) is 0 Å². The van der Waals surface area contributed by atoms with E-state index in [0.29, 0.717) is 11.8 Å². The summed E-state index contributed by atoms with van der Waals surface area (Å²) in [5.41, 5.74) is 2.83. The van der Waals surface area contributed by atoms with Crippen molar-refractivity contribution in [1.29, 1.82) is 0 Å². The van der Waals surface area contributed by atoms with Crippen LogP contribution in [0.15, 0.2) is 30.3 Å². The number of hydrogen-bond donors (Lipinski definition) is 3. The number of ether oxygens (including phenoxy) is 2. The first-order valence-electron chi connectivity index (χ1n) is 10.4. The summed E-state index contributed by atoms with van der Waals surface area (Å²) in [6.45, 7) is 2.18. The van der Waals surface area contributed by atoms with Crippen LogP contribution in [0.1, 0.15) is 24.0 Å². The number of carboxylic acid groups (broad SMARTS) is 2. The molecule has 3 N–H and O–H groups in total. The zero-order chi connectivity index (χ0) is 23.0. The maximum absolute atomic E-state index is 10.1. The van der Waals surface area contributed by atoms with Crippen molar-refractivity contribution < 1.29 is 34.4 Å². The lowest BCUT2D eigenvalue weighted by molar-refractivity contribution is -0.159. The second-order valence-corrected chi connectivity index (χ2v) is 8.02. The van der Waals surface area contributed by atoms with E-state index < -0.39 is 11.9 Å². The van der Waals surface area contributed by atoms with Crippen molar-refractivity contribution in [2.45, 2.75) is 31.8 Å². The Morgan fingerprint density at radius 3 is 2.16 bits per heavy atom. The molecule has 8 heteroatoms. The van der Waals surface area contributed by atoms with E-state index in [-0.39, 0.29) is 0 Å². The van der Waals surface area contributed by atoms with Crippen molar-refractivity contribution >= 4 is 33.5 Å². The molecule has 0 bridgehead atoms. The molecule has 0 amide bonds. The fraction of sp³-hybridized carbons (Fsp3) is 0.333. The minimum atomic E-state index is -1.82. The monoisotopic (exact) mass is 439 g/mol. The van der Waals surface area contributed by atoms with Crippen LogP contribution in [0.4, 0.5) is 0 Å². The fourth-order valence-corrected chi connectivity index (χ4v) is 4.88. The highest BCUT2D eigenvalue weighted by atomic mass is 16.5. The van der Waals surface area contributed by atoms with Crippen molar-refractivity contribution in [2.75, 3.05) is 20.8 Å². The van der Waals surface area contributed by atoms with Crippen molar-refractivity contribution in [3.8, 4) is 17.2 Å². The number of phenolic OH excluding ortho intramolecular Hbond substituents is 1. The molecule has 168 valence electrons. The highest BCUT2D eigenvalue weighted by Gasteiger charge is 2.32. The molecule has 3 aromatic carbocycles. The Labute approximate surface area is 184 Å². The second kappa shape index (κ2) is 8.55. The molecule has 2 heterocycles. The van der Waals surface area contributed by atoms with E-state index in [9.17, 15) is 5.11 Å². The predicted molar refractivity (Wildman–Crippen MR) is 119 cm³/mol. The molecule has 8 nitrogen and oxygen atoms in total. The number of hydrogen-bond acceptors (Lipinski definition) is 6. The third-order valence-corrected chi connectivity index (χ3v) is 6.31. The van der Waals surface area contributed by atoms with E-state index in [4.69, 9.17) is 29.3 Å². The zero-order valence-electron chi connectivity index (χ0n) is 17.9. The van der Waals surface area contributed by atoms with Crippen molar-refractivity contribution in [3.05, 3.63) is 41.5 Å². The number of phenols is 1. The van der Waals surface area contributed by atoms with E-state index in [1.165, 1.54) is 41.3 Å². The minimum Gasteiger partial charge on any atom is -0.508 e. The van der Waals surface area contributed by atoms with Gasteiger partial charge in [-0.1, -0.05) is 6.07 Å². The summed E-state index contributed by atoms with van der Waals surface area (Å²) in [5, 5.41) is 29.6. The van der Waals surface area contributed by atoms with Gasteiger partial charge in [0.25, 0.3) is 0 Å². The standard InChI is InChI=1S/C22H23NO3.C2H2O4/c1-25-21-10-18-16-8-13-4-3-7-23(13)12-20(16)15-6-5-14(24)9-17(15)19(18)11-22(21)26-2;3-1(4)2(5)6/h5-6,9-11,13,24H,3-4,7-8,12H2,1-2H3;(H,3,4)(H,5,6)/t13-;/m0./s1. The van der Waals surface area contributed by atoms with E-state index in [1.807, 2.05) is 6.07 Å². The molecule has 0 aromatic heterocycles. The van der Waals surface area contributed by atoms with Crippen LogP contribution in [-0.2, 0) is 22.6 Å². The first kappa shape index (κ1) is 21.7. The average molecular weight is 439 g/mol. The van der Waals surface area contributed by atoms with Crippen LogP contribution in [-0.4, -0.2) is 59.0 Å². The topological polar surface area (TPSA) is 117 Å². The molecule has 1 fully saturated rings. The normalized spacial score (nSPS) is 17.2. The Morgan fingerprint density at radius 1 is 0.906 bits per heavy atom. The molecule has 0 aliphatic carbocycles. The van der Waals surface area contributed by atoms with Gasteiger partial charge < -0.3 is 24.8 Å². The molecule has 3 aromatic rings. The molecule has 2 aliphatic heterocycles. The van der Waals surface area contributed by atoms with E-state index in [1.54, 1.807) is 20.3 Å². The minimum absolute atomic E-state index is 0.295. The van der Waals surface area contributed by atoms with Gasteiger partial charge in [-0.2, -0.15) is 0 Å². The molecule has 0 saturated carbocycles. The predicted octanol–water partition coefficient (Wildman–Crippen LogP) is 3.39. The molecule has 0 unspecified atom stereocenters.